The number of hydrogen-bond donors (Lipinski definition) is 1. The maximum Gasteiger partial charge on any atom is 0.0622 e. The first-order chi connectivity index (χ1) is 7.79. The molecule has 16 heavy (non-hydrogen) atoms. The smallest absolute Gasteiger partial charge is 0.0622 e. The van der Waals surface area contributed by atoms with Crippen molar-refractivity contribution < 1.29 is 4.74 Å². The number of nitrogens with two attached hydrogens (primary N) is 1. The highest BCUT2D eigenvalue weighted by Gasteiger charge is 2.26. The fourth-order valence-corrected chi connectivity index (χ4v) is 3.01. The molecule has 3 heteroatoms. The minimum Gasteiger partial charge on any atom is -0.378 e. The molecule has 94 valence electrons. The quantitative estimate of drug-likeness (QED) is 0.794. The van der Waals surface area contributed by atoms with Gasteiger partial charge >= 0.3 is 0 Å². The van der Waals surface area contributed by atoms with Crippen LogP contribution < -0.4 is 5.73 Å². The summed E-state index contributed by atoms with van der Waals surface area (Å²) in [6.45, 7) is 6.52. The van der Waals surface area contributed by atoms with E-state index in [0.717, 1.165) is 25.7 Å². The van der Waals surface area contributed by atoms with Crippen LogP contribution in [0.15, 0.2) is 0 Å². The summed E-state index contributed by atoms with van der Waals surface area (Å²) in [5, 5.41) is 0. The van der Waals surface area contributed by atoms with Crippen LogP contribution >= 0.6 is 0 Å². The molecule has 1 aliphatic carbocycles. The predicted octanol–water partition coefficient (Wildman–Crippen LogP) is 1.61. The molecular weight excluding hydrogens is 200 g/mol. The third kappa shape index (κ3) is 3.19. The zero-order valence-corrected chi connectivity index (χ0v) is 10.5. The zero-order valence-electron chi connectivity index (χ0n) is 10.5. The van der Waals surface area contributed by atoms with Crippen molar-refractivity contribution >= 4 is 0 Å². The van der Waals surface area contributed by atoms with Gasteiger partial charge in [0.15, 0.2) is 0 Å². The first-order valence-electron chi connectivity index (χ1n) is 6.87. The van der Waals surface area contributed by atoms with E-state index in [1.165, 1.54) is 38.6 Å². The molecule has 1 saturated carbocycles. The summed E-state index contributed by atoms with van der Waals surface area (Å²) in [4.78, 5) is 2.64. The van der Waals surface area contributed by atoms with Crippen molar-refractivity contribution in [3.8, 4) is 0 Å². The largest absolute Gasteiger partial charge is 0.378 e. The van der Waals surface area contributed by atoms with Crippen LogP contribution in [0, 0.1) is 5.92 Å². The molecule has 1 heterocycles. The first kappa shape index (κ1) is 12.3. The van der Waals surface area contributed by atoms with E-state index in [0.29, 0.717) is 12.1 Å². The second-order valence-corrected chi connectivity index (χ2v) is 5.41. The van der Waals surface area contributed by atoms with E-state index in [-0.39, 0.29) is 0 Å². The Bertz CT molecular complexity index is 202. The van der Waals surface area contributed by atoms with Crippen molar-refractivity contribution in [3.63, 3.8) is 0 Å². The molecule has 2 N–H and O–H groups in total. The molecule has 0 aromatic heterocycles. The van der Waals surface area contributed by atoms with Crippen molar-refractivity contribution in [1.82, 2.24) is 4.90 Å². The number of rotatable bonds is 3. The van der Waals surface area contributed by atoms with Crippen LogP contribution in [0.5, 0.6) is 0 Å². The molecule has 0 spiro atoms. The van der Waals surface area contributed by atoms with Gasteiger partial charge in [0.25, 0.3) is 0 Å². The van der Waals surface area contributed by atoms with Gasteiger partial charge in [0, 0.05) is 25.2 Å². The Balaban J connectivity index is 1.78. The maximum atomic E-state index is 5.95. The third-order valence-corrected chi connectivity index (χ3v) is 4.20. The van der Waals surface area contributed by atoms with Crippen molar-refractivity contribution in [2.45, 2.75) is 51.1 Å². The molecule has 3 nitrogen and oxygen atoms in total. The van der Waals surface area contributed by atoms with E-state index < -0.39 is 0 Å². The average Bonchev–Trinajstić information content (AvgIpc) is 2.33. The number of hydrogen-bond acceptors (Lipinski definition) is 3. The van der Waals surface area contributed by atoms with Gasteiger partial charge in [-0.25, -0.2) is 0 Å². The number of morpholine rings is 1. The second-order valence-electron chi connectivity index (χ2n) is 5.41. The van der Waals surface area contributed by atoms with Gasteiger partial charge in [-0.3, -0.25) is 4.90 Å². The van der Waals surface area contributed by atoms with Gasteiger partial charge in [0.1, 0.15) is 0 Å². The summed E-state index contributed by atoms with van der Waals surface area (Å²) in [5.41, 5.74) is 5.95. The SMILES string of the molecule is CCC1COCCN1CC1CCC(N)CC1. The van der Waals surface area contributed by atoms with E-state index in [2.05, 4.69) is 11.8 Å². The van der Waals surface area contributed by atoms with E-state index in [1.54, 1.807) is 0 Å². The molecule has 1 unspecified atom stereocenters. The minimum absolute atomic E-state index is 0.475. The Labute approximate surface area is 99.3 Å². The molecule has 2 aliphatic rings. The lowest BCUT2D eigenvalue weighted by molar-refractivity contribution is -0.0179. The Morgan fingerprint density at radius 2 is 2.00 bits per heavy atom. The lowest BCUT2D eigenvalue weighted by Gasteiger charge is -2.38. The topological polar surface area (TPSA) is 38.5 Å². The Morgan fingerprint density at radius 3 is 2.69 bits per heavy atom. The van der Waals surface area contributed by atoms with Gasteiger partial charge in [-0.05, 0) is 38.0 Å². The molecule has 1 atom stereocenters. The molecule has 1 aliphatic heterocycles. The lowest BCUT2D eigenvalue weighted by atomic mass is 9.86. The van der Waals surface area contributed by atoms with E-state index in [9.17, 15) is 0 Å². The van der Waals surface area contributed by atoms with Crippen molar-refractivity contribution in [3.05, 3.63) is 0 Å². The molecule has 0 aromatic rings. The molecule has 0 radical (unpaired) electrons. The summed E-state index contributed by atoms with van der Waals surface area (Å²) in [6.07, 6.45) is 6.33. The Hall–Kier alpha value is -0.120. The standard InChI is InChI=1S/C13H26N2O/c1-2-13-10-16-8-7-15(13)9-11-3-5-12(14)6-4-11/h11-13H,2-10,14H2,1H3. The van der Waals surface area contributed by atoms with E-state index in [1.807, 2.05) is 0 Å². The highest BCUT2D eigenvalue weighted by atomic mass is 16.5. The predicted molar refractivity (Wildman–Crippen MR) is 66.4 cm³/mol. The first-order valence-corrected chi connectivity index (χ1v) is 6.87. The van der Waals surface area contributed by atoms with Crippen molar-refractivity contribution in [2.75, 3.05) is 26.3 Å². The zero-order chi connectivity index (χ0) is 11.4. The van der Waals surface area contributed by atoms with Crippen LogP contribution in [0.3, 0.4) is 0 Å². The highest BCUT2D eigenvalue weighted by Crippen LogP contribution is 2.25. The van der Waals surface area contributed by atoms with Crippen LogP contribution in [0.2, 0.25) is 0 Å². The van der Waals surface area contributed by atoms with Crippen LogP contribution in [0.4, 0.5) is 0 Å². The fourth-order valence-electron chi connectivity index (χ4n) is 3.01. The van der Waals surface area contributed by atoms with Gasteiger partial charge in [-0.1, -0.05) is 6.92 Å². The third-order valence-electron chi connectivity index (χ3n) is 4.20. The molecule has 0 bridgehead atoms. The molecule has 1 saturated heterocycles. The summed E-state index contributed by atoms with van der Waals surface area (Å²) >= 11 is 0. The second kappa shape index (κ2) is 5.99. The molecule has 0 aromatic carbocycles. The molecule has 2 fully saturated rings. The minimum atomic E-state index is 0.475. The summed E-state index contributed by atoms with van der Waals surface area (Å²) in [5.74, 6) is 0.881. The fraction of sp³-hybridized carbons (Fsp3) is 1.00. The Kier molecular flexibility index (Phi) is 4.62. The summed E-state index contributed by atoms with van der Waals surface area (Å²) in [7, 11) is 0. The van der Waals surface area contributed by atoms with Gasteiger partial charge in [-0.2, -0.15) is 0 Å². The van der Waals surface area contributed by atoms with Crippen molar-refractivity contribution in [2.24, 2.45) is 11.7 Å². The highest BCUT2D eigenvalue weighted by molar-refractivity contribution is 4.80. The summed E-state index contributed by atoms with van der Waals surface area (Å²) < 4.78 is 5.55. The molecule has 2 rings (SSSR count). The average molecular weight is 226 g/mol. The van der Waals surface area contributed by atoms with Gasteiger partial charge < -0.3 is 10.5 Å². The van der Waals surface area contributed by atoms with Crippen LogP contribution in [0.25, 0.3) is 0 Å². The number of nitrogens with zero attached hydrogens (tertiary/aromatic N) is 1. The molecular formula is C13H26N2O. The van der Waals surface area contributed by atoms with Crippen LogP contribution in [-0.2, 0) is 4.74 Å². The van der Waals surface area contributed by atoms with E-state index in [4.69, 9.17) is 10.5 Å². The van der Waals surface area contributed by atoms with Gasteiger partial charge in [-0.15, -0.1) is 0 Å². The van der Waals surface area contributed by atoms with E-state index >= 15 is 0 Å². The van der Waals surface area contributed by atoms with Crippen LogP contribution in [-0.4, -0.2) is 43.3 Å². The molecule has 0 amide bonds. The van der Waals surface area contributed by atoms with Gasteiger partial charge in [0.2, 0.25) is 0 Å². The number of ether oxygens (including phenoxy) is 1. The monoisotopic (exact) mass is 226 g/mol. The lowest BCUT2D eigenvalue weighted by Crippen LogP contribution is -2.47. The Morgan fingerprint density at radius 1 is 1.25 bits per heavy atom. The maximum absolute atomic E-state index is 5.95. The van der Waals surface area contributed by atoms with Gasteiger partial charge in [0.05, 0.1) is 13.2 Å². The van der Waals surface area contributed by atoms with Crippen LogP contribution in [0.1, 0.15) is 39.0 Å². The van der Waals surface area contributed by atoms with Crippen molar-refractivity contribution in [1.29, 1.82) is 0 Å². The normalized spacial score (nSPS) is 37.5. The summed E-state index contributed by atoms with van der Waals surface area (Å²) in [6, 6.07) is 1.13.